The van der Waals surface area contributed by atoms with Gasteiger partial charge in [0.05, 0.1) is 16.9 Å². The number of para-hydroxylation sites is 1. The van der Waals surface area contributed by atoms with Crippen LogP contribution in [0.5, 0.6) is 5.88 Å². The van der Waals surface area contributed by atoms with Gasteiger partial charge in [0.15, 0.2) is 0 Å². The Kier molecular flexibility index (Phi) is 6.54. The second-order valence-corrected chi connectivity index (χ2v) is 8.10. The van der Waals surface area contributed by atoms with Gasteiger partial charge in [0.25, 0.3) is 5.91 Å². The van der Waals surface area contributed by atoms with Gasteiger partial charge in [-0.3, -0.25) is 9.59 Å². The van der Waals surface area contributed by atoms with Crippen LogP contribution >= 0.6 is 0 Å². The summed E-state index contributed by atoms with van der Waals surface area (Å²) in [5.74, 6) is -0.946. The average molecular weight is 458 g/mol. The van der Waals surface area contributed by atoms with Gasteiger partial charge < -0.3 is 10.1 Å². The summed E-state index contributed by atoms with van der Waals surface area (Å²) >= 11 is 0. The van der Waals surface area contributed by atoms with E-state index < -0.39 is 17.7 Å². The molecular weight excluding hydrogens is 433 g/mol. The minimum atomic E-state index is -0.474. The standard InChI is InChI=1S/C27H24FN3O3/c1-17(2)25-24(27(34-18(3)32)31(30-25)23-10-5-4-6-11-23)19-12-14-22(15-13-19)29-26(33)20-8-7-9-21(28)16-20/h4-17H,1-3H3,(H,29,33). The van der Waals surface area contributed by atoms with Crippen molar-refractivity contribution in [2.24, 2.45) is 0 Å². The molecule has 0 atom stereocenters. The molecule has 1 N–H and O–H groups in total. The fourth-order valence-electron chi connectivity index (χ4n) is 3.62. The fraction of sp³-hybridized carbons (Fsp3) is 0.148. The molecule has 0 aliphatic heterocycles. The lowest BCUT2D eigenvalue weighted by atomic mass is 9.99. The molecule has 172 valence electrons. The Morgan fingerprint density at radius 2 is 1.68 bits per heavy atom. The van der Waals surface area contributed by atoms with Crippen LogP contribution in [0.3, 0.4) is 0 Å². The Balaban J connectivity index is 1.72. The monoisotopic (exact) mass is 457 g/mol. The molecule has 0 aliphatic carbocycles. The van der Waals surface area contributed by atoms with E-state index in [0.29, 0.717) is 17.1 Å². The predicted molar refractivity (Wildman–Crippen MR) is 129 cm³/mol. The second kappa shape index (κ2) is 9.70. The first-order chi connectivity index (χ1) is 16.3. The highest BCUT2D eigenvalue weighted by Crippen LogP contribution is 2.39. The van der Waals surface area contributed by atoms with Crippen LogP contribution in [-0.2, 0) is 4.79 Å². The summed E-state index contributed by atoms with van der Waals surface area (Å²) < 4.78 is 20.7. The molecule has 0 aliphatic rings. The molecular formula is C27H24FN3O3. The molecule has 3 aromatic carbocycles. The first-order valence-corrected chi connectivity index (χ1v) is 10.9. The van der Waals surface area contributed by atoms with E-state index in [0.717, 1.165) is 16.9 Å². The van der Waals surface area contributed by atoms with Crippen LogP contribution in [0.2, 0.25) is 0 Å². The number of nitrogens with zero attached hydrogens (tertiary/aromatic N) is 2. The third kappa shape index (κ3) is 4.88. The smallest absolute Gasteiger partial charge is 0.309 e. The predicted octanol–water partition coefficient (Wildman–Crippen LogP) is 5.98. The third-order valence-corrected chi connectivity index (χ3v) is 5.18. The number of nitrogens with one attached hydrogen (secondary N) is 1. The lowest BCUT2D eigenvalue weighted by Gasteiger charge is -2.11. The van der Waals surface area contributed by atoms with Crippen LogP contribution in [0.25, 0.3) is 16.8 Å². The first-order valence-electron chi connectivity index (χ1n) is 10.9. The Morgan fingerprint density at radius 3 is 2.29 bits per heavy atom. The number of esters is 1. The van der Waals surface area contributed by atoms with Gasteiger partial charge >= 0.3 is 5.97 Å². The van der Waals surface area contributed by atoms with Gasteiger partial charge in [-0.2, -0.15) is 9.78 Å². The van der Waals surface area contributed by atoms with Gasteiger partial charge in [0, 0.05) is 18.2 Å². The number of benzene rings is 3. The molecule has 4 rings (SSSR count). The normalized spacial score (nSPS) is 10.9. The molecule has 0 spiro atoms. The summed E-state index contributed by atoms with van der Waals surface area (Å²) in [5, 5.41) is 7.53. The molecule has 1 aromatic heterocycles. The Morgan fingerprint density at radius 1 is 0.971 bits per heavy atom. The largest absolute Gasteiger partial charge is 0.407 e. The zero-order chi connectivity index (χ0) is 24.2. The number of halogens is 1. The van der Waals surface area contributed by atoms with E-state index in [1.165, 1.54) is 25.1 Å². The highest BCUT2D eigenvalue weighted by molar-refractivity contribution is 6.04. The highest BCUT2D eigenvalue weighted by atomic mass is 19.1. The van der Waals surface area contributed by atoms with E-state index in [1.807, 2.05) is 56.3 Å². The van der Waals surface area contributed by atoms with Crippen molar-refractivity contribution < 1.29 is 18.7 Å². The molecule has 0 fully saturated rings. The van der Waals surface area contributed by atoms with Gasteiger partial charge in [-0.1, -0.05) is 50.2 Å². The number of hydrogen-bond donors (Lipinski definition) is 1. The van der Waals surface area contributed by atoms with Crippen molar-refractivity contribution in [1.29, 1.82) is 0 Å². The van der Waals surface area contributed by atoms with E-state index in [1.54, 1.807) is 22.9 Å². The van der Waals surface area contributed by atoms with E-state index in [4.69, 9.17) is 9.84 Å². The molecule has 4 aromatic rings. The average Bonchev–Trinajstić information content (AvgIpc) is 3.19. The van der Waals surface area contributed by atoms with E-state index in [9.17, 15) is 14.0 Å². The van der Waals surface area contributed by atoms with Crippen molar-refractivity contribution in [2.45, 2.75) is 26.7 Å². The molecule has 0 saturated heterocycles. The van der Waals surface area contributed by atoms with E-state index in [-0.39, 0.29) is 11.5 Å². The maximum absolute atomic E-state index is 13.4. The lowest BCUT2D eigenvalue weighted by Crippen LogP contribution is -2.12. The van der Waals surface area contributed by atoms with E-state index in [2.05, 4.69) is 5.32 Å². The lowest BCUT2D eigenvalue weighted by molar-refractivity contribution is -0.132. The fourth-order valence-corrected chi connectivity index (χ4v) is 3.62. The molecule has 1 amide bonds. The number of carbonyl (C=O) groups excluding carboxylic acids is 2. The topological polar surface area (TPSA) is 73.2 Å². The Labute approximate surface area is 197 Å². The summed E-state index contributed by atoms with van der Waals surface area (Å²) in [6.45, 7) is 5.39. The number of rotatable bonds is 6. The molecule has 0 bridgehead atoms. The van der Waals surface area contributed by atoms with Crippen LogP contribution < -0.4 is 10.1 Å². The number of anilines is 1. The number of amides is 1. The third-order valence-electron chi connectivity index (χ3n) is 5.18. The molecule has 0 radical (unpaired) electrons. The molecule has 0 unspecified atom stereocenters. The molecule has 34 heavy (non-hydrogen) atoms. The SMILES string of the molecule is CC(=O)Oc1c(-c2ccc(NC(=O)c3cccc(F)c3)cc2)c(C(C)C)nn1-c1ccccc1. The van der Waals surface area contributed by atoms with Gasteiger partial charge in [-0.25, -0.2) is 4.39 Å². The quantitative estimate of drug-likeness (QED) is 0.362. The number of ether oxygens (including phenoxy) is 1. The summed E-state index contributed by atoms with van der Waals surface area (Å²) in [6.07, 6.45) is 0. The van der Waals surface area contributed by atoms with E-state index >= 15 is 0 Å². The van der Waals surface area contributed by atoms with Crippen LogP contribution in [0, 0.1) is 5.82 Å². The molecule has 1 heterocycles. The number of hydrogen-bond acceptors (Lipinski definition) is 4. The molecule has 0 saturated carbocycles. The van der Waals surface area contributed by atoms with Crippen molar-refractivity contribution in [3.8, 4) is 22.7 Å². The van der Waals surface area contributed by atoms with Crippen molar-refractivity contribution in [1.82, 2.24) is 9.78 Å². The maximum atomic E-state index is 13.4. The Bertz CT molecular complexity index is 1330. The van der Waals surface area contributed by atoms with Crippen molar-refractivity contribution >= 4 is 17.6 Å². The Hall–Kier alpha value is -4.26. The van der Waals surface area contributed by atoms with Gasteiger partial charge in [-0.05, 0) is 53.9 Å². The van der Waals surface area contributed by atoms with Crippen molar-refractivity contribution in [3.63, 3.8) is 0 Å². The molecule has 6 nitrogen and oxygen atoms in total. The van der Waals surface area contributed by atoms with Crippen LogP contribution in [0.4, 0.5) is 10.1 Å². The summed E-state index contributed by atoms with van der Waals surface area (Å²) in [4.78, 5) is 24.4. The maximum Gasteiger partial charge on any atom is 0.309 e. The van der Waals surface area contributed by atoms with Gasteiger partial charge in [0.1, 0.15) is 5.82 Å². The number of carbonyl (C=O) groups is 2. The van der Waals surface area contributed by atoms with Crippen molar-refractivity contribution in [3.05, 3.63) is 95.9 Å². The minimum Gasteiger partial charge on any atom is -0.407 e. The second-order valence-electron chi connectivity index (χ2n) is 8.10. The highest BCUT2D eigenvalue weighted by Gasteiger charge is 2.25. The summed E-state index contributed by atoms with van der Waals surface area (Å²) in [6, 6.07) is 22.1. The van der Waals surface area contributed by atoms with Gasteiger partial charge in [-0.15, -0.1) is 0 Å². The molecule has 7 heteroatoms. The minimum absolute atomic E-state index is 0.0571. The van der Waals surface area contributed by atoms with Crippen LogP contribution in [-0.4, -0.2) is 21.7 Å². The zero-order valence-electron chi connectivity index (χ0n) is 19.1. The van der Waals surface area contributed by atoms with Crippen LogP contribution in [0.1, 0.15) is 42.7 Å². The zero-order valence-corrected chi connectivity index (χ0v) is 19.1. The van der Waals surface area contributed by atoms with Crippen LogP contribution in [0.15, 0.2) is 78.9 Å². The first kappa shape index (κ1) is 22.9. The summed E-state index contributed by atoms with van der Waals surface area (Å²) in [7, 11) is 0. The van der Waals surface area contributed by atoms with Crippen molar-refractivity contribution in [2.75, 3.05) is 5.32 Å². The van der Waals surface area contributed by atoms with Gasteiger partial charge in [0.2, 0.25) is 5.88 Å². The summed E-state index contributed by atoms with van der Waals surface area (Å²) in [5.41, 5.74) is 3.81. The number of aromatic nitrogens is 2.